The van der Waals surface area contributed by atoms with E-state index in [1.54, 1.807) is 0 Å². The number of aliphatic carboxylic acids is 1. The van der Waals surface area contributed by atoms with Gasteiger partial charge in [-0.15, -0.1) is 0 Å². The van der Waals surface area contributed by atoms with Crippen molar-refractivity contribution < 1.29 is 24.2 Å². The molecule has 2 aromatic carbocycles. The molecule has 184 valence electrons. The minimum atomic E-state index is -1.06. The van der Waals surface area contributed by atoms with Crippen molar-refractivity contribution in [1.29, 1.82) is 0 Å². The molecule has 3 aliphatic rings. The predicted molar refractivity (Wildman–Crippen MR) is 131 cm³/mol. The number of amides is 2. The van der Waals surface area contributed by atoms with E-state index < -0.39 is 23.6 Å². The van der Waals surface area contributed by atoms with E-state index in [0.717, 1.165) is 54.4 Å². The van der Waals surface area contributed by atoms with Crippen molar-refractivity contribution >= 4 is 18.0 Å². The number of carbonyl (C=O) groups is 3. The lowest BCUT2D eigenvalue weighted by molar-refractivity contribution is -0.138. The van der Waals surface area contributed by atoms with Crippen LogP contribution in [0.2, 0.25) is 0 Å². The lowest BCUT2D eigenvalue weighted by Crippen LogP contribution is -2.61. The van der Waals surface area contributed by atoms with Crippen LogP contribution in [0, 0.1) is 5.92 Å². The number of ether oxygens (including phenoxy) is 1. The molecule has 2 fully saturated rings. The van der Waals surface area contributed by atoms with Gasteiger partial charge in [-0.05, 0) is 53.9 Å². The zero-order valence-corrected chi connectivity index (χ0v) is 19.8. The Hall–Kier alpha value is -3.35. The molecule has 3 aliphatic carbocycles. The molecule has 0 spiro atoms. The van der Waals surface area contributed by atoms with Crippen LogP contribution in [0.5, 0.6) is 0 Å². The molecule has 7 nitrogen and oxygen atoms in total. The second kappa shape index (κ2) is 9.72. The molecule has 5 rings (SSSR count). The summed E-state index contributed by atoms with van der Waals surface area (Å²) < 4.78 is 5.72. The van der Waals surface area contributed by atoms with Gasteiger partial charge in [-0.2, -0.15) is 0 Å². The number of rotatable bonds is 8. The van der Waals surface area contributed by atoms with E-state index in [0.29, 0.717) is 12.8 Å². The summed E-state index contributed by atoms with van der Waals surface area (Å²) in [7, 11) is 0. The Morgan fingerprint density at radius 3 is 2.11 bits per heavy atom. The number of hydrogen-bond donors (Lipinski definition) is 3. The van der Waals surface area contributed by atoms with Gasteiger partial charge in [-0.25, -0.2) is 4.79 Å². The quantitative estimate of drug-likeness (QED) is 0.517. The first-order chi connectivity index (χ1) is 17.0. The van der Waals surface area contributed by atoms with Gasteiger partial charge in [-0.1, -0.05) is 67.8 Å². The third kappa shape index (κ3) is 4.90. The number of carboxylic acid groups (broad SMARTS) is 1. The van der Waals surface area contributed by atoms with Crippen molar-refractivity contribution in [3.05, 3.63) is 59.7 Å². The number of alkyl carbamates (subject to hydrolysis) is 1. The first-order valence-electron chi connectivity index (χ1n) is 12.6. The predicted octanol–water partition coefficient (Wildman–Crippen LogP) is 4.60. The number of hydrogen-bond acceptors (Lipinski definition) is 4. The van der Waals surface area contributed by atoms with Crippen LogP contribution in [0.15, 0.2) is 48.5 Å². The topological polar surface area (TPSA) is 105 Å². The second-order valence-electron chi connectivity index (χ2n) is 10.1. The molecule has 0 bridgehead atoms. The van der Waals surface area contributed by atoms with Crippen LogP contribution in [0.1, 0.15) is 68.4 Å². The van der Waals surface area contributed by atoms with Crippen molar-refractivity contribution in [3.8, 4) is 11.1 Å². The number of fused-ring (bicyclic) bond motifs is 3. The van der Waals surface area contributed by atoms with Crippen molar-refractivity contribution in [1.82, 2.24) is 10.6 Å². The van der Waals surface area contributed by atoms with E-state index in [9.17, 15) is 19.5 Å². The summed E-state index contributed by atoms with van der Waals surface area (Å²) >= 11 is 0. The minimum Gasteiger partial charge on any atom is -0.481 e. The van der Waals surface area contributed by atoms with Crippen molar-refractivity contribution in [2.24, 2.45) is 5.92 Å². The fourth-order valence-corrected chi connectivity index (χ4v) is 5.72. The fourth-order valence-electron chi connectivity index (χ4n) is 5.72. The lowest BCUT2D eigenvalue weighted by Gasteiger charge is -2.37. The van der Waals surface area contributed by atoms with E-state index in [4.69, 9.17) is 4.74 Å². The molecule has 0 aromatic heterocycles. The van der Waals surface area contributed by atoms with Gasteiger partial charge in [0.1, 0.15) is 12.1 Å². The average molecular weight is 477 g/mol. The Bertz CT molecular complexity index is 1070. The number of nitrogens with one attached hydrogen (secondary N) is 2. The normalized spacial score (nSPS) is 19.2. The molecule has 1 atom stereocenters. The summed E-state index contributed by atoms with van der Waals surface area (Å²) in [6.45, 7) is 0.182. The highest BCUT2D eigenvalue weighted by atomic mass is 16.5. The summed E-state index contributed by atoms with van der Waals surface area (Å²) in [4.78, 5) is 37.7. The van der Waals surface area contributed by atoms with Gasteiger partial charge in [-0.3, -0.25) is 9.59 Å². The molecular formula is C28H32N2O5. The molecule has 0 aliphatic heterocycles. The first-order valence-corrected chi connectivity index (χ1v) is 12.6. The van der Waals surface area contributed by atoms with Crippen LogP contribution in [-0.4, -0.2) is 41.3 Å². The van der Waals surface area contributed by atoms with Crippen molar-refractivity contribution in [2.75, 3.05) is 6.61 Å². The number of benzene rings is 2. The molecule has 2 amide bonds. The molecule has 7 heteroatoms. The molecule has 0 radical (unpaired) electrons. The lowest BCUT2D eigenvalue weighted by atomic mass is 9.80. The van der Waals surface area contributed by atoms with Gasteiger partial charge in [0.2, 0.25) is 5.91 Å². The Morgan fingerprint density at radius 1 is 0.943 bits per heavy atom. The van der Waals surface area contributed by atoms with Crippen LogP contribution in [0.25, 0.3) is 11.1 Å². The zero-order chi connectivity index (χ0) is 24.4. The summed E-state index contributed by atoms with van der Waals surface area (Å²) in [5, 5.41) is 15.1. The van der Waals surface area contributed by atoms with E-state index in [1.807, 2.05) is 24.3 Å². The third-order valence-corrected chi connectivity index (χ3v) is 7.73. The van der Waals surface area contributed by atoms with Gasteiger partial charge < -0.3 is 20.5 Å². The SMILES string of the molecule is O=C(O)CC(NC(=O)C1(NC(=O)OCC2c3ccccc3-c3ccccc32)CCCCC1)C1CC1. The van der Waals surface area contributed by atoms with Gasteiger partial charge >= 0.3 is 12.1 Å². The van der Waals surface area contributed by atoms with Gasteiger partial charge in [0, 0.05) is 12.0 Å². The van der Waals surface area contributed by atoms with Gasteiger partial charge in [0.25, 0.3) is 0 Å². The molecular weight excluding hydrogens is 444 g/mol. The third-order valence-electron chi connectivity index (χ3n) is 7.73. The van der Waals surface area contributed by atoms with Crippen LogP contribution >= 0.6 is 0 Å². The highest BCUT2D eigenvalue weighted by molar-refractivity contribution is 5.90. The second-order valence-corrected chi connectivity index (χ2v) is 10.1. The Kier molecular flexibility index (Phi) is 6.50. The Morgan fingerprint density at radius 2 is 1.54 bits per heavy atom. The summed E-state index contributed by atoms with van der Waals surface area (Å²) in [6.07, 6.45) is 4.83. The van der Waals surface area contributed by atoms with E-state index in [1.165, 1.54) is 0 Å². The summed E-state index contributed by atoms with van der Waals surface area (Å²) in [5.41, 5.74) is 3.52. The van der Waals surface area contributed by atoms with E-state index >= 15 is 0 Å². The maximum Gasteiger partial charge on any atom is 0.408 e. The van der Waals surface area contributed by atoms with Crippen molar-refractivity contribution in [2.45, 2.75) is 68.9 Å². The van der Waals surface area contributed by atoms with Crippen LogP contribution in [0.3, 0.4) is 0 Å². The minimum absolute atomic E-state index is 0.0564. The van der Waals surface area contributed by atoms with E-state index in [-0.39, 0.29) is 30.8 Å². The molecule has 35 heavy (non-hydrogen) atoms. The Labute approximate surface area is 205 Å². The summed E-state index contributed by atoms with van der Waals surface area (Å²) in [6, 6.07) is 15.9. The fraction of sp³-hybridized carbons (Fsp3) is 0.464. The van der Waals surface area contributed by atoms with Crippen LogP contribution in [-0.2, 0) is 14.3 Å². The summed E-state index contributed by atoms with van der Waals surface area (Å²) in [5.74, 6) is -1.07. The molecule has 2 aromatic rings. The average Bonchev–Trinajstić information content (AvgIpc) is 3.66. The Balaban J connectivity index is 1.27. The zero-order valence-electron chi connectivity index (χ0n) is 19.8. The van der Waals surface area contributed by atoms with Crippen molar-refractivity contribution in [3.63, 3.8) is 0 Å². The first kappa shape index (κ1) is 23.4. The van der Waals surface area contributed by atoms with Crippen LogP contribution < -0.4 is 10.6 Å². The standard InChI is InChI=1S/C28H32N2O5/c31-25(32)16-24(18-12-13-18)29-26(33)28(14-6-1-7-15-28)30-27(34)35-17-23-21-10-4-2-8-19(21)20-9-3-5-11-22(20)23/h2-5,8-11,18,23-24H,1,6-7,12-17H2,(H,29,33)(H,30,34)(H,31,32). The van der Waals surface area contributed by atoms with E-state index in [2.05, 4.69) is 34.9 Å². The smallest absolute Gasteiger partial charge is 0.408 e. The molecule has 0 saturated heterocycles. The monoisotopic (exact) mass is 476 g/mol. The number of carboxylic acids is 1. The number of carbonyl (C=O) groups excluding carboxylic acids is 2. The maximum absolute atomic E-state index is 13.4. The molecule has 2 saturated carbocycles. The maximum atomic E-state index is 13.4. The molecule has 0 heterocycles. The molecule has 3 N–H and O–H groups in total. The van der Waals surface area contributed by atoms with Crippen LogP contribution in [0.4, 0.5) is 4.79 Å². The highest BCUT2D eigenvalue weighted by Crippen LogP contribution is 2.44. The van der Waals surface area contributed by atoms with Gasteiger partial charge in [0.15, 0.2) is 0 Å². The van der Waals surface area contributed by atoms with Gasteiger partial charge in [0.05, 0.1) is 6.42 Å². The highest BCUT2D eigenvalue weighted by Gasteiger charge is 2.44. The largest absolute Gasteiger partial charge is 0.481 e. The molecule has 1 unspecified atom stereocenters.